The van der Waals surface area contributed by atoms with Crippen LogP contribution in [0.2, 0.25) is 0 Å². The highest BCUT2D eigenvalue weighted by Crippen LogP contribution is 2.33. The quantitative estimate of drug-likeness (QED) is 0.772. The van der Waals surface area contributed by atoms with Gasteiger partial charge in [0.1, 0.15) is 9.88 Å². The van der Waals surface area contributed by atoms with Crippen LogP contribution in [0.5, 0.6) is 0 Å². The van der Waals surface area contributed by atoms with Crippen molar-refractivity contribution in [1.29, 1.82) is 0 Å². The Hall–Kier alpha value is -1.89. The summed E-state index contributed by atoms with van der Waals surface area (Å²) in [4.78, 5) is 19.1. The Morgan fingerprint density at radius 3 is 2.38 bits per heavy atom. The van der Waals surface area contributed by atoms with E-state index >= 15 is 0 Å². The van der Waals surface area contributed by atoms with Crippen LogP contribution in [0.4, 0.5) is 13.2 Å². The predicted octanol–water partition coefficient (Wildman–Crippen LogP) is 5.01. The van der Waals surface area contributed by atoms with Crippen molar-refractivity contribution in [3.63, 3.8) is 0 Å². The zero-order valence-corrected chi connectivity index (χ0v) is 14.8. The van der Waals surface area contributed by atoms with Crippen LogP contribution >= 0.6 is 11.3 Å². The zero-order chi connectivity index (χ0) is 18.1. The summed E-state index contributed by atoms with van der Waals surface area (Å²) in [6, 6.07) is 4.92. The molecule has 3 nitrogen and oxygen atoms in total. The lowest BCUT2D eigenvalue weighted by Crippen LogP contribution is -2.34. The number of hydrogen-bond acceptors (Lipinski definition) is 3. The first-order valence-electron chi connectivity index (χ1n) is 7.57. The van der Waals surface area contributed by atoms with Crippen molar-refractivity contribution < 1.29 is 18.0 Å². The molecule has 0 fully saturated rings. The first-order chi connectivity index (χ1) is 11.1. The molecule has 1 heterocycles. The molecule has 1 atom stereocenters. The van der Waals surface area contributed by atoms with E-state index in [0.29, 0.717) is 21.1 Å². The van der Waals surface area contributed by atoms with Crippen LogP contribution < -0.4 is 0 Å². The fourth-order valence-electron chi connectivity index (χ4n) is 2.15. The third-order valence-corrected chi connectivity index (χ3v) is 5.22. The molecule has 0 radical (unpaired) electrons. The maximum Gasteiger partial charge on any atom is 0.416 e. The van der Waals surface area contributed by atoms with Gasteiger partial charge in [-0.25, -0.2) is 4.98 Å². The Morgan fingerprint density at radius 2 is 1.88 bits per heavy atom. The van der Waals surface area contributed by atoms with Gasteiger partial charge in [0.25, 0.3) is 5.91 Å². The second-order valence-electron chi connectivity index (χ2n) is 5.68. The Kier molecular flexibility index (Phi) is 5.32. The predicted molar refractivity (Wildman–Crippen MR) is 89.1 cm³/mol. The minimum Gasteiger partial charge on any atom is -0.338 e. The molecule has 1 aromatic heterocycles. The Balaban J connectivity index is 2.30. The highest BCUT2D eigenvalue weighted by Gasteiger charge is 2.30. The number of alkyl halides is 3. The number of thiazole rings is 1. The number of nitrogens with zero attached hydrogens (tertiary/aromatic N) is 2. The summed E-state index contributed by atoms with van der Waals surface area (Å²) in [6.07, 6.45) is -3.52. The van der Waals surface area contributed by atoms with E-state index in [0.717, 1.165) is 18.6 Å². The monoisotopic (exact) mass is 356 g/mol. The number of hydrogen-bond donors (Lipinski definition) is 0. The standard InChI is InChI=1S/C17H19F3N2OS/c1-5-10(2)22(4)16(23)14-11(3)21-15(24-14)12-6-8-13(9-7-12)17(18,19)20/h6-10H,5H2,1-4H3. The minimum atomic E-state index is -4.36. The van der Waals surface area contributed by atoms with E-state index in [2.05, 4.69) is 4.98 Å². The number of rotatable bonds is 4. The third kappa shape index (κ3) is 3.77. The zero-order valence-electron chi connectivity index (χ0n) is 13.9. The molecule has 0 aliphatic rings. The average Bonchev–Trinajstić information content (AvgIpc) is 2.93. The molecule has 0 N–H and O–H groups in total. The van der Waals surface area contributed by atoms with E-state index in [1.807, 2.05) is 13.8 Å². The largest absolute Gasteiger partial charge is 0.416 e. The van der Waals surface area contributed by atoms with Crippen LogP contribution in [-0.4, -0.2) is 28.9 Å². The summed E-state index contributed by atoms with van der Waals surface area (Å²) in [5.41, 5.74) is 0.462. The second-order valence-corrected chi connectivity index (χ2v) is 6.68. The summed E-state index contributed by atoms with van der Waals surface area (Å²) in [5, 5.41) is 0.544. The van der Waals surface area contributed by atoms with Crippen molar-refractivity contribution in [2.75, 3.05) is 7.05 Å². The van der Waals surface area contributed by atoms with Crippen LogP contribution in [0.1, 0.15) is 41.2 Å². The SMILES string of the molecule is CCC(C)N(C)C(=O)c1sc(-c2ccc(C(F)(F)F)cc2)nc1C. The smallest absolute Gasteiger partial charge is 0.338 e. The van der Waals surface area contributed by atoms with Crippen LogP contribution in [0.25, 0.3) is 10.6 Å². The first kappa shape index (κ1) is 18.4. The third-order valence-electron chi connectivity index (χ3n) is 4.02. The lowest BCUT2D eigenvalue weighted by molar-refractivity contribution is -0.137. The van der Waals surface area contributed by atoms with Gasteiger partial charge in [-0.05, 0) is 32.4 Å². The molecule has 7 heteroatoms. The number of benzene rings is 1. The van der Waals surface area contributed by atoms with Gasteiger partial charge in [0.15, 0.2) is 0 Å². The van der Waals surface area contributed by atoms with Crippen LogP contribution in [0.15, 0.2) is 24.3 Å². The molecular weight excluding hydrogens is 337 g/mol. The Bertz CT molecular complexity index is 722. The van der Waals surface area contributed by atoms with Gasteiger partial charge < -0.3 is 4.90 Å². The maximum absolute atomic E-state index is 12.6. The molecule has 0 saturated carbocycles. The van der Waals surface area contributed by atoms with Crippen molar-refractivity contribution in [3.8, 4) is 10.6 Å². The van der Waals surface area contributed by atoms with Crippen molar-refractivity contribution >= 4 is 17.2 Å². The van der Waals surface area contributed by atoms with Crippen molar-refractivity contribution in [1.82, 2.24) is 9.88 Å². The number of carbonyl (C=O) groups is 1. The van der Waals surface area contributed by atoms with Crippen molar-refractivity contribution in [3.05, 3.63) is 40.4 Å². The Labute approximate surface area is 143 Å². The molecule has 2 aromatic rings. The lowest BCUT2D eigenvalue weighted by Gasteiger charge is -2.23. The first-order valence-corrected chi connectivity index (χ1v) is 8.39. The van der Waals surface area contributed by atoms with Gasteiger partial charge in [-0.3, -0.25) is 4.79 Å². The number of carbonyl (C=O) groups excluding carboxylic acids is 1. The van der Waals surface area contributed by atoms with Gasteiger partial charge in [-0.15, -0.1) is 11.3 Å². The van der Waals surface area contributed by atoms with E-state index < -0.39 is 11.7 Å². The molecule has 0 saturated heterocycles. The number of aryl methyl sites for hydroxylation is 1. The molecule has 0 bridgehead atoms. The summed E-state index contributed by atoms with van der Waals surface area (Å²) < 4.78 is 37.9. The molecule has 1 amide bonds. The summed E-state index contributed by atoms with van der Waals surface area (Å²) in [6.45, 7) is 5.70. The van der Waals surface area contributed by atoms with E-state index in [1.54, 1.807) is 18.9 Å². The number of amides is 1. The summed E-state index contributed by atoms with van der Waals surface area (Å²) >= 11 is 1.21. The molecular formula is C17H19F3N2OS. The normalized spacial score (nSPS) is 13.0. The van der Waals surface area contributed by atoms with Gasteiger partial charge in [0.2, 0.25) is 0 Å². The molecule has 0 aliphatic carbocycles. The molecule has 0 spiro atoms. The topological polar surface area (TPSA) is 33.2 Å². The van der Waals surface area contributed by atoms with Crippen LogP contribution in [0.3, 0.4) is 0 Å². The lowest BCUT2D eigenvalue weighted by atomic mass is 10.1. The number of aromatic nitrogens is 1. The fraction of sp³-hybridized carbons (Fsp3) is 0.412. The van der Waals surface area contributed by atoms with Crippen molar-refractivity contribution in [2.24, 2.45) is 0 Å². The van der Waals surface area contributed by atoms with E-state index in [4.69, 9.17) is 0 Å². The maximum atomic E-state index is 12.6. The molecule has 24 heavy (non-hydrogen) atoms. The van der Waals surface area contributed by atoms with Crippen molar-refractivity contribution in [2.45, 2.75) is 39.4 Å². The van der Waals surface area contributed by atoms with E-state index in [9.17, 15) is 18.0 Å². The Morgan fingerprint density at radius 1 is 1.29 bits per heavy atom. The molecule has 1 aromatic carbocycles. The highest BCUT2D eigenvalue weighted by atomic mass is 32.1. The fourth-order valence-corrected chi connectivity index (χ4v) is 3.21. The number of halogens is 3. The average molecular weight is 356 g/mol. The van der Waals surface area contributed by atoms with Gasteiger partial charge in [0.05, 0.1) is 11.3 Å². The molecule has 1 unspecified atom stereocenters. The minimum absolute atomic E-state index is 0.105. The second kappa shape index (κ2) is 6.93. The molecule has 130 valence electrons. The van der Waals surface area contributed by atoms with Crippen LogP contribution in [0, 0.1) is 6.92 Å². The van der Waals surface area contributed by atoms with Gasteiger partial charge in [0, 0.05) is 18.7 Å². The van der Waals surface area contributed by atoms with E-state index in [-0.39, 0.29) is 11.9 Å². The van der Waals surface area contributed by atoms with Gasteiger partial charge in [-0.1, -0.05) is 19.1 Å². The van der Waals surface area contributed by atoms with E-state index in [1.165, 1.54) is 23.5 Å². The van der Waals surface area contributed by atoms with Crippen LogP contribution in [-0.2, 0) is 6.18 Å². The molecule has 0 aliphatic heterocycles. The van der Waals surface area contributed by atoms with Gasteiger partial charge >= 0.3 is 6.18 Å². The summed E-state index contributed by atoms with van der Waals surface area (Å²) in [7, 11) is 1.74. The highest BCUT2D eigenvalue weighted by molar-refractivity contribution is 7.17. The summed E-state index contributed by atoms with van der Waals surface area (Å²) in [5.74, 6) is -0.113. The molecule has 2 rings (SSSR count). The van der Waals surface area contributed by atoms with Gasteiger partial charge in [-0.2, -0.15) is 13.2 Å².